The molecule has 8 heteroatoms. The number of amides is 1. The number of carbonyl (C=O) groups is 1. The lowest BCUT2D eigenvalue weighted by molar-refractivity contribution is -0.136. The fraction of sp³-hybridized carbons (Fsp3) is 0.364. The van der Waals surface area contributed by atoms with Gasteiger partial charge in [0, 0.05) is 24.1 Å². The molecule has 1 saturated heterocycles. The van der Waals surface area contributed by atoms with E-state index in [0.717, 1.165) is 30.6 Å². The van der Waals surface area contributed by atoms with Crippen molar-refractivity contribution in [3.8, 4) is 0 Å². The Kier molecular flexibility index (Phi) is 5.99. The van der Waals surface area contributed by atoms with Crippen LogP contribution in [-0.4, -0.2) is 32.1 Å². The number of carbonyl (C=O) groups excluding carboxylic acids is 1. The van der Waals surface area contributed by atoms with Gasteiger partial charge in [0.2, 0.25) is 11.8 Å². The lowest BCUT2D eigenvalue weighted by Crippen LogP contribution is -2.42. The number of aryl methyl sites for hydroxylation is 1. The highest BCUT2D eigenvalue weighted by molar-refractivity contribution is 6.30. The number of piperidine rings is 1. The first kappa shape index (κ1) is 20.3. The van der Waals surface area contributed by atoms with Crippen LogP contribution in [0, 0.1) is 6.92 Å². The quantitative estimate of drug-likeness (QED) is 0.623. The number of hydrogen-bond donors (Lipinski definition) is 0. The van der Waals surface area contributed by atoms with E-state index in [0.29, 0.717) is 29.6 Å². The molecule has 0 saturated carbocycles. The van der Waals surface area contributed by atoms with E-state index < -0.39 is 0 Å². The topological polar surface area (TPSA) is 81.2 Å². The van der Waals surface area contributed by atoms with Gasteiger partial charge in [-0.15, -0.1) is 0 Å². The molecular formula is C22H23ClN4O3. The second-order valence-electron chi connectivity index (χ2n) is 7.54. The molecular weight excluding hydrogens is 404 g/mol. The molecule has 30 heavy (non-hydrogen) atoms. The standard InChI is InChI=1S/C22H23ClN4O3/c1-15-5-10-20(28)27(25-15)14-21(29)26-11-3-2-4-19(26)22-24-13-18(30-22)12-16-6-8-17(23)9-7-16/h5-10,13,19H,2-4,11-12,14H2,1H3/t19-/m0/s1. The van der Waals surface area contributed by atoms with Crippen LogP contribution >= 0.6 is 11.6 Å². The Morgan fingerprint density at radius 2 is 2.00 bits per heavy atom. The summed E-state index contributed by atoms with van der Waals surface area (Å²) in [6.07, 6.45) is 5.01. The van der Waals surface area contributed by atoms with Gasteiger partial charge in [-0.2, -0.15) is 5.10 Å². The third kappa shape index (κ3) is 4.62. The van der Waals surface area contributed by atoms with Crippen molar-refractivity contribution >= 4 is 17.5 Å². The zero-order valence-corrected chi connectivity index (χ0v) is 17.5. The minimum atomic E-state index is -0.288. The summed E-state index contributed by atoms with van der Waals surface area (Å²) in [4.78, 5) is 31.2. The second-order valence-corrected chi connectivity index (χ2v) is 7.97. The number of benzene rings is 1. The Labute approximate surface area is 179 Å². The van der Waals surface area contributed by atoms with Gasteiger partial charge in [-0.05, 0) is 49.9 Å². The molecule has 2 aromatic heterocycles. The molecule has 7 nitrogen and oxygen atoms in total. The van der Waals surface area contributed by atoms with Crippen LogP contribution in [0.2, 0.25) is 5.02 Å². The van der Waals surface area contributed by atoms with Crippen LogP contribution < -0.4 is 5.56 Å². The molecule has 3 heterocycles. The van der Waals surface area contributed by atoms with Gasteiger partial charge in [0.25, 0.3) is 5.56 Å². The summed E-state index contributed by atoms with van der Waals surface area (Å²) in [5, 5.41) is 4.86. The minimum Gasteiger partial charge on any atom is -0.443 e. The maximum absolute atomic E-state index is 13.0. The monoisotopic (exact) mass is 426 g/mol. The first-order chi connectivity index (χ1) is 14.5. The molecule has 1 aliphatic heterocycles. The van der Waals surface area contributed by atoms with Gasteiger partial charge >= 0.3 is 0 Å². The molecule has 1 aliphatic rings. The van der Waals surface area contributed by atoms with Crippen molar-refractivity contribution in [2.24, 2.45) is 0 Å². The Balaban J connectivity index is 1.50. The van der Waals surface area contributed by atoms with E-state index in [2.05, 4.69) is 10.1 Å². The molecule has 0 spiro atoms. The smallest absolute Gasteiger partial charge is 0.267 e. The van der Waals surface area contributed by atoms with Gasteiger partial charge in [0.05, 0.1) is 11.9 Å². The highest BCUT2D eigenvalue weighted by atomic mass is 35.5. The summed E-state index contributed by atoms with van der Waals surface area (Å²) < 4.78 is 7.22. The maximum atomic E-state index is 13.0. The number of rotatable bonds is 5. The average molecular weight is 427 g/mol. The van der Waals surface area contributed by atoms with Gasteiger partial charge < -0.3 is 9.32 Å². The summed E-state index contributed by atoms with van der Waals surface area (Å²) in [7, 11) is 0. The van der Waals surface area contributed by atoms with Crippen LogP contribution in [0.4, 0.5) is 0 Å². The molecule has 156 valence electrons. The Morgan fingerprint density at radius 1 is 1.20 bits per heavy atom. The van der Waals surface area contributed by atoms with E-state index in [9.17, 15) is 9.59 Å². The molecule has 1 aromatic carbocycles. The highest BCUT2D eigenvalue weighted by Crippen LogP contribution is 2.31. The van der Waals surface area contributed by atoms with Crippen molar-refractivity contribution in [1.29, 1.82) is 0 Å². The van der Waals surface area contributed by atoms with Crippen LogP contribution in [0.15, 0.2) is 51.8 Å². The third-order valence-corrected chi connectivity index (χ3v) is 5.51. The summed E-state index contributed by atoms with van der Waals surface area (Å²) >= 11 is 5.94. The molecule has 0 bridgehead atoms. The number of halogens is 1. The van der Waals surface area contributed by atoms with E-state index in [4.69, 9.17) is 16.0 Å². The number of oxazole rings is 1. The normalized spacial score (nSPS) is 16.6. The van der Waals surface area contributed by atoms with Crippen molar-refractivity contribution in [2.75, 3.05) is 6.54 Å². The molecule has 1 fully saturated rings. The summed E-state index contributed by atoms with van der Waals surface area (Å²) in [5.74, 6) is 1.12. The van der Waals surface area contributed by atoms with Gasteiger partial charge in [0.15, 0.2) is 0 Å². The fourth-order valence-electron chi connectivity index (χ4n) is 3.73. The van der Waals surface area contributed by atoms with Gasteiger partial charge in [-0.1, -0.05) is 23.7 Å². The zero-order chi connectivity index (χ0) is 21.1. The molecule has 0 aliphatic carbocycles. The lowest BCUT2D eigenvalue weighted by atomic mass is 10.0. The predicted octanol–water partition coefficient (Wildman–Crippen LogP) is 3.54. The van der Waals surface area contributed by atoms with Gasteiger partial charge in [0.1, 0.15) is 18.3 Å². The molecule has 4 rings (SSSR count). The lowest BCUT2D eigenvalue weighted by Gasteiger charge is -2.33. The van der Waals surface area contributed by atoms with Crippen molar-refractivity contribution < 1.29 is 9.21 Å². The number of likely N-dealkylation sites (tertiary alicyclic amines) is 1. The number of nitrogens with zero attached hydrogens (tertiary/aromatic N) is 4. The Hall–Kier alpha value is -2.93. The SMILES string of the molecule is Cc1ccc(=O)n(CC(=O)N2CCCC[C@H]2c2ncc(Cc3ccc(Cl)cc3)o2)n1. The maximum Gasteiger partial charge on any atom is 0.267 e. The average Bonchev–Trinajstić information content (AvgIpc) is 3.21. The molecule has 3 aromatic rings. The summed E-state index contributed by atoms with van der Waals surface area (Å²) in [5.41, 5.74) is 1.48. The van der Waals surface area contributed by atoms with Crippen LogP contribution in [0.5, 0.6) is 0 Å². The first-order valence-corrected chi connectivity index (χ1v) is 10.4. The van der Waals surface area contributed by atoms with E-state index in [1.54, 1.807) is 24.1 Å². The van der Waals surface area contributed by atoms with Gasteiger partial charge in [-0.25, -0.2) is 9.67 Å². The molecule has 0 N–H and O–H groups in total. The first-order valence-electron chi connectivity index (χ1n) is 10.0. The van der Waals surface area contributed by atoms with Crippen molar-refractivity contribution in [3.05, 3.63) is 80.9 Å². The summed E-state index contributed by atoms with van der Waals surface area (Å²) in [6, 6.07) is 10.4. The van der Waals surface area contributed by atoms with Crippen LogP contribution in [0.1, 0.15) is 48.2 Å². The molecule has 1 atom stereocenters. The fourth-order valence-corrected chi connectivity index (χ4v) is 3.86. The minimum absolute atomic E-state index is 0.0879. The molecule has 0 radical (unpaired) electrons. The van der Waals surface area contributed by atoms with E-state index in [-0.39, 0.29) is 24.1 Å². The van der Waals surface area contributed by atoms with E-state index in [1.165, 1.54) is 10.7 Å². The highest BCUT2D eigenvalue weighted by Gasteiger charge is 2.31. The second kappa shape index (κ2) is 8.83. The van der Waals surface area contributed by atoms with Crippen molar-refractivity contribution in [1.82, 2.24) is 19.7 Å². The number of hydrogen-bond acceptors (Lipinski definition) is 5. The Morgan fingerprint density at radius 3 is 2.80 bits per heavy atom. The van der Waals surface area contributed by atoms with Crippen LogP contribution in [-0.2, 0) is 17.8 Å². The summed E-state index contributed by atoms with van der Waals surface area (Å²) in [6.45, 7) is 2.31. The van der Waals surface area contributed by atoms with E-state index in [1.807, 2.05) is 24.3 Å². The van der Waals surface area contributed by atoms with Crippen molar-refractivity contribution in [3.63, 3.8) is 0 Å². The largest absolute Gasteiger partial charge is 0.443 e. The van der Waals surface area contributed by atoms with E-state index >= 15 is 0 Å². The predicted molar refractivity (Wildman–Crippen MR) is 112 cm³/mol. The van der Waals surface area contributed by atoms with Crippen LogP contribution in [0.3, 0.4) is 0 Å². The zero-order valence-electron chi connectivity index (χ0n) is 16.8. The molecule has 1 amide bonds. The van der Waals surface area contributed by atoms with Gasteiger partial charge in [-0.3, -0.25) is 9.59 Å². The third-order valence-electron chi connectivity index (χ3n) is 5.26. The van der Waals surface area contributed by atoms with Crippen molar-refractivity contribution in [2.45, 2.75) is 45.2 Å². The van der Waals surface area contributed by atoms with Crippen LogP contribution in [0.25, 0.3) is 0 Å². The Bertz CT molecular complexity index is 1090. The number of aromatic nitrogens is 3. The molecule has 0 unspecified atom stereocenters.